The second-order valence-electron chi connectivity index (χ2n) is 6.81. The number of Topliss-reactive ketones (excluding diaryl/α,β-unsaturated/α-hetero) is 1. The largest absolute Gasteiger partial charge is 0.462 e. The minimum absolute atomic E-state index is 0.0972. The van der Waals surface area contributed by atoms with Crippen molar-refractivity contribution in [2.45, 2.75) is 13.8 Å². The van der Waals surface area contributed by atoms with Crippen LogP contribution in [-0.4, -0.2) is 33.5 Å². The fourth-order valence-corrected chi connectivity index (χ4v) is 4.20. The molecule has 5 nitrogen and oxygen atoms in total. The monoisotopic (exact) mass is 463 g/mol. The van der Waals surface area contributed by atoms with E-state index in [0.717, 1.165) is 27.8 Å². The van der Waals surface area contributed by atoms with Gasteiger partial charge in [-0.3, -0.25) is 14.5 Å². The van der Waals surface area contributed by atoms with Crippen molar-refractivity contribution >= 4 is 52.0 Å². The topological polar surface area (TPSA) is 63.7 Å². The zero-order chi connectivity index (χ0) is 23.1. The molecule has 0 radical (unpaired) electrons. The van der Waals surface area contributed by atoms with Crippen LogP contribution in [-0.2, 0) is 14.3 Å². The van der Waals surface area contributed by atoms with Crippen molar-refractivity contribution in [2.24, 2.45) is 0 Å². The summed E-state index contributed by atoms with van der Waals surface area (Å²) in [5.74, 6) is -1.75. The van der Waals surface area contributed by atoms with E-state index in [9.17, 15) is 14.4 Å². The molecule has 1 fully saturated rings. The summed E-state index contributed by atoms with van der Waals surface area (Å²) in [7, 11) is 0. The lowest BCUT2D eigenvalue weighted by Gasteiger charge is -2.12. The summed E-state index contributed by atoms with van der Waals surface area (Å²) < 4.78 is 5.28. The first kappa shape index (κ1) is 23.4. The third kappa shape index (κ3) is 5.69. The van der Waals surface area contributed by atoms with Gasteiger partial charge in [-0.05, 0) is 31.1 Å². The molecular formula is C25H21NO4S2. The number of carbonyl (C=O) groups excluding carboxylic acids is 3. The number of hydrogen-bond acceptors (Lipinski definition) is 6. The summed E-state index contributed by atoms with van der Waals surface area (Å²) >= 11 is 6.47. The lowest BCUT2D eigenvalue weighted by Crippen LogP contribution is -2.26. The molecule has 0 spiro atoms. The van der Waals surface area contributed by atoms with Crippen molar-refractivity contribution in [3.05, 3.63) is 100 Å². The number of thiocarbonyl (C=S) groups is 1. The molecule has 162 valence electrons. The van der Waals surface area contributed by atoms with Gasteiger partial charge in [0.2, 0.25) is 5.78 Å². The van der Waals surface area contributed by atoms with Gasteiger partial charge >= 0.3 is 5.97 Å². The minimum Gasteiger partial charge on any atom is -0.462 e. The number of ether oxygens (including phenoxy) is 1. The van der Waals surface area contributed by atoms with Crippen LogP contribution in [0.5, 0.6) is 0 Å². The molecule has 0 N–H and O–H groups in total. The molecule has 1 heterocycles. The average Bonchev–Trinajstić information content (AvgIpc) is 3.05. The molecular weight excluding hydrogens is 442 g/mol. The van der Waals surface area contributed by atoms with E-state index in [1.165, 1.54) is 6.20 Å². The third-order valence-corrected chi connectivity index (χ3v) is 5.74. The highest BCUT2D eigenvalue weighted by atomic mass is 32.2. The van der Waals surface area contributed by atoms with Crippen LogP contribution >= 0.6 is 24.0 Å². The summed E-state index contributed by atoms with van der Waals surface area (Å²) in [5.41, 5.74) is 1.93. The van der Waals surface area contributed by atoms with Gasteiger partial charge in [-0.1, -0.05) is 90.7 Å². The number of carbonyl (C=O) groups is 3. The number of hydrogen-bond donors (Lipinski definition) is 0. The minimum atomic E-state index is -0.806. The maximum Gasteiger partial charge on any atom is 0.343 e. The Labute approximate surface area is 196 Å². The Hall–Kier alpha value is -3.29. The van der Waals surface area contributed by atoms with Crippen LogP contribution in [0.3, 0.4) is 0 Å². The van der Waals surface area contributed by atoms with Crippen LogP contribution in [0, 0.1) is 0 Å². The maximum atomic E-state index is 13.0. The van der Waals surface area contributed by atoms with E-state index in [2.05, 4.69) is 0 Å². The number of allylic oxidation sites excluding steroid dienone is 2. The Morgan fingerprint density at radius 1 is 1.06 bits per heavy atom. The number of benzene rings is 2. The van der Waals surface area contributed by atoms with Gasteiger partial charge in [0, 0.05) is 11.8 Å². The fraction of sp³-hybridized carbons (Fsp3) is 0.120. The van der Waals surface area contributed by atoms with Gasteiger partial charge in [0.15, 0.2) is 4.32 Å². The Balaban J connectivity index is 1.91. The number of esters is 1. The molecule has 1 saturated heterocycles. The Morgan fingerprint density at radius 3 is 2.31 bits per heavy atom. The van der Waals surface area contributed by atoms with E-state index in [1.807, 2.05) is 43.3 Å². The Morgan fingerprint density at radius 2 is 1.69 bits per heavy atom. The van der Waals surface area contributed by atoms with Gasteiger partial charge in [-0.15, -0.1) is 0 Å². The first-order chi connectivity index (χ1) is 15.4. The van der Waals surface area contributed by atoms with Crippen molar-refractivity contribution in [1.82, 2.24) is 4.90 Å². The summed E-state index contributed by atoms with van der Waals surface area (Å²) in [6.45, 7) is 3.63. The quantitative estimate of drug-likeness (QED) is 0.141. The lowest BCUT2D eigenvalue weighted by molar-refractivity contribution is -0.138. The lowest BCUT2D eigenvalue weighted by atomic mass is 10.0. The average molecular weight is 464 g/mol. The molecule has 1 aliphatic heterocycles. The summed E-state index contributed by atoms with van der Waals surface area (Å²) in [4.78, 5) is 40.0. The predicted octanol–water partition coefficient (Wildman–Crippen LogP) is 5.16. The molecule has 7 heteroatoms. The fourth-order valence-electron chi connectivity index (χ4n) is 2.94. The van der Waals surface area contributed by atoms with Crippen LogP contribution in [0.4, 0.5) is 0 Å². The normalized spacial score (nSPS) is 15.9. The zero-order valence-electron chi connectivity index (χ0n) is 17.6. The van der Waals surface area contributed by atoms with Crippen molar-refractivity contribution in [3.8, 4) is 0 Å². The first-order valence-electron chi connectivity index (χ1n) is 9.89. The van der Waals surface area contributed by atoms with E-state index in [4.69, 9.17) is 17.0 Å². The van der Waals surface area contributed by atoms with E-state index >= 15 is 0 Å². The van der Waals surface area contributed by atoms with Gasteiger partial charge in [0.25, 0.3) is 5.91 Å². The molecule has 32 heavy (non-hydrogen) atoms. The number of thioether (sulfide) groups is 1. The first-order valence-corrected chi connectivity index (χ1v) is 11.1. The second-order valence-corrected chi connectivity index (χ2v) is 8.48. The van der Waals surface area contributed by atoms with E-state index < -0.39 is 17.7 Å². The van der Waals surface area contributed by atoms with E-state index in [1.54, 1.807) is 43.3 Å². The van der Waals surface area contributed by atoms with Gasteiger partial charge in [-0.2, -0.15) is 0 Å². The van der Waals surface area contributed by atoms with Crippen molar-refractivity contribution in [1.29, 1.82) is 0 Å². The standard InChI is InChI=1S/C25H21NO4S2/c1-3-30-24(29)20(22(27)19-12-8-5-9-13-19)16-26-23(28)21(32-25(26)31)15-17(2)14-18-10-6-4-7-11-18/h4-16H,3H2,1-2H3. The van der Waals surface area contributed by atoms with Crippen LogP contribution in [0.1, 0.15) is 29.8 Å². The Bertz CT molecular complexity index is 1140. The summed E-state index contributed by atoms with van der Waals surface area (Å²) in [6, 6.07) is 18.1. The molecule has 0 atom stereocenters. The number of ketones is 1. The molecule has 0 saturated carbocycles. The summed E-state index contributed by atoms with van der Waals surface area (Å²) in [5, 5.41) is 0. The molecule has 1 aliphatic rings. The van der Waals surface area contributed by atoms with Gasteiger partial charge < -0.3 is 4.74 Å². The second kappa shape index (κ2) is 10.8. The van der Waals surface area contributed by atoms with Crippen LogP contribution in [0.2, 0.25) is 0 Å². The van der Waals surface area contributed by atoms with Crippen LogP contribution in [0.25, 0.3) is 6.08 Å². The van der Waals surface area contributed by atoms with Crippen molar-refractivity contribution < 1.29 is 19.1 Å². The highest BCUT2D eigenvalue weighted by Crippen LogP contribution is 2.33. The van der Waals surface area contributed by atoms with Gasteiger partial charge in [0.1, 0.15) is 5.57 Å². The molecule has 2 aromatic rings. The van der Waals surface area contributed by atoms with Crippen molar-refractivity contribution in [3.63, 3.8) is 0 Å². The van der Waals surface area contributed by atoms with Gasteiger partial charge in [-0.25, -0.2) is 4.79 Å². The molecule has 0 aliphatic carbocycles. The van der Waals surface area contributed by atoms with Crippen LogP contribution in [0.15, 0.2) is 89.0 Å². The molecule has 0 unspecified atom stereocenters. The third-order valence-electron chi connectivity index (χ3n) is 4.41. The molecule has 2 aromatic carbocycles. The SMILES string of the molecule is CCOC(=O)C(=CN1C(=O)C(=CC(C)=Cc2ccccc2)SC1=S)C(=O)c1ccccc1. The predicted molar refractivity (Wildman–Crippen MR) is 131 cm³/mol. The molecule has 1 amide bonds. The smallest absolute Gasteiger partial charge is 0.343 e. The number of rotatable bonds is 7. The van der Waals surface area contributed by atoms with E-state index in [0.29, 0.717) is 10.5 Å². The highest BCUT2D eigenvalue weighted by molar-refractivity contribution is 8.26. The Kier molecular flexibility index (Phi) is 7.92. The molecule has 3 rings (SSSR count). The summed E-state index contributed by atoms with van der Waals surface area (Å²) in [6.07, 6.45) is 4.87. The number of amides is 1. The molecule has 0 aromatic heterocycles. The van der Waals surface area contributed by atoms with Crippen LogP contribution < -0.4 is 0 Å². The highest BCUT2D eigenvalue weighted by Gasteiger charge is 2.33. The maximum absolute atomic E-state index is 13.0. The van der Waals surface area contributed by atoms with Crippen molar-refractivity contribution in [2.75, 3.05) is 6.61 Å². The molecule has 0 bridgehead atoms. The van der Waals surface area contributed by atoms with Gasteiger partial charge in [0.05, 0.1) is 11.5 Å². The van der Waals surface area contributed by atoms with E-state index in [-0.39, 0.29) is 16.5 Å². The zero-order valence-corrected chi connectivity index (χ0v) is 19.2. The number of nitrogens with zero attached hydrogens (tertiary/aromatic N) is 1.